The van der Waals surface area contributed by atoms with Crippen LogP contribution in [-0.2, 0) is 10.0 Å². The van der Waals surface area contributed by atoms with E-state index in [1.165, 1.54) is 0 Å². The summed E-state index contributed by atoms with van der Waals surface area (Å²) in [6, 6.07) is 16.8. The molecule has 1 unspecified atom stereocenters. The molecular weight excluding hydrogens is 426 g/mol. The molecule has 6 nitrogen and oxygen atoms in total. The number of benzene rings is 3. The van der Waals surface area contributed by atoms with E-state index >= 15 is 0 Å². The van der Waals surface area contributed by atoms with Crippen LogP contribution in [0.3, 0.4) is 0 Å². The topological polar surface area (TPSA) is 73.9 Å². The van der Waals surface area contributed by atoms with Crippen LogP contribution in [0, 0.1) is 11.8 Å². The molecule has 1 aliphatic rings. The average molecular weight is 450 g/mol. The summed E-state index contributed by atoms with van der Waals surface area (Å²) in [6.07, 6.45) is 0.641. The monoisotopic (exact) mass is 449 g/mol. The highest BCUT2D eigenvalue weighted by Gasteiger charge is 2.30. The molecule has 1 aliphatic heterocycles. The number of rotatable bonds is 5. The Morgan fingerprint density at radius 3 is 2.47 bits per heavy atom. The number of methoxy groups -OCH3 is 2. The van der Waals surface area contributed by atoms with Gasteiger partial charge in [0.2, 0.25) is 10.0 Å². The predicted octanol–water partition coefficient (Wildman–Crippen LogP) is 4.60. The van der Waals surface area contributed by atoms with Gasteiger partial charge in [-0.1, -0.05) is 24.1 Å². The first-order chi connectivity index (χ1) is 15.3. The van der Waals surface area contributed by atoms with Crippen LogP contribution >= 0.6 is 0 Å². The Labute approximate surface area is 188 Å². The second kappa shape index (κ2) is 8.48. The highest BCUT2D eigenvalue weighted by Crippen LogP contribution is 2.48. The zero-order valence-electron chi connectivity index (χ0n) is 18.2. The van der Waals surface area contributed by atoms with Gasteiger partial charge in [0.1, 0.15) is 11.9 Å². The number of hydrogen-bond donors (Lipinski definition) is 1. The van der Waals surface area contributed by atoms with E-state index < -0.39 is 16.1 Å². The van der Waals surface area contributed by atoms with Gasteiger partial charge in [-0.25, -0.2) is 8.42 Å². The molecule has 4 rings (SSSR count). The van der Waals surface area contributed by atoms with Gasteiger partial charge in [0.25, 0.3) is 0 Å². The zero-order chi connectivity index (χ0) is 22.9. The third kappa shape index (κ3) is 4.10. The third-order valence-corrected chi connectivity index (χ3v) is 5.75. The van der Waals surface area contributed by atoms with E-state index in [0.29, 0.717) is 22.9 Å². The molecule has 0 aromatic heterocycles. The van der Waals surface area contributed by atoms with Crippen molar-refractivity contribution in [3.05, 3.63) is 71.3 Å². The van der Waals surface area contributed by atoms with Gasteiger partial charge < -0.3 is 14.2 Å². The van der Waals surface area contributed by atoms with E-state index in [1.54, 1.807) is 33.3 Å². The smallest absolute Gasteiger partial charge is 0.229 e. The van der Waals surface area contributed by atoms with Gasteiger partial charge in [-0.2, -0.15) is 0 Å². The highest BCUT2D eigenvalue weighted by molar-refractivity contribution is 7.92. The SMILES string of the molecule is CC#Cc1cccc2c1-c1ccc(NS(C)(=O)=O)cc1C(c1ccc(OC)c(OC)c1)O2. The maximum Gasteiger partial charge on any atom is 0.229 e. The Hall–Kier alpha value is -3.63. The fourth-order valence-corrected chi connectivity index (χ4v) is 4.44. The highest BCUT2D eigenvalue weighted by atomic mass is 32.2. The molecule has 0 radical (unpaired) electrons. The molecule has 0 saturated carbocycles. The van der Waals surface area contributed by atoms with Gasteiger partial charge in [-0.05, 0) is 48.9 Å². The summed E-state index contributed by atoms with van der Waals surface area (Å²) >= 11 is 0. The second-order valence-corrected chi connectivity index (χ2v) is 9.09. The molecule has 164 valence electrons. The van der Waals surface area contributed by atoms with Gasteiger partial charge in [-0.15, -0.1) is 5.92 Å². The summed E-state index contributed by atoms with van der Waals surface area (Å²) in [5, 5.41) is 0. The van der Waals surface area contributed by atoms with Crippen LogP contribution in [0.2, 0.25) is 0 Å². The minimum atomic E-state index is -3.43. The van der Waals surface area contributed by atoms with Crippen molar-refractivity contribution in [1.29, 1.82) is 0 Å². The summed E-state index contributed by atoms with van der Waals surface area (Å²) in [6.45, 7) is 1.79. The van der Waals surface area contributed by atoms with E-state index in [-0.39, 0.29) is 0 Å². The lowest BCUT2D eigenvalue weighted by Gasteiger charge is -2.30. The Kier molecular flexibility index (Phi) is 5.72. The van der Waals surface area contributed by atoms with Gasteiger partial charge in [-0.3, -0.25) is 4.72 Å². The van der Waals surface area contributed by atoms with E-state index in [0.717, 1.165) is 34.1 Å². The lowest BCUT2D eigenvalue weighted by molar-refractivity contribution is 0.242. The van der Waals surface area contributed by atoms with Crippen LogP contribution in [0.15, 0.2) is 54.6 Å². The summed E-state index contributed by atoms with van der Waals surface area (Å²) in [7, 11) is -0.270. The lowest BCUT2D eigenvalue weighted by Crippen LogP contribution is -2.17. The third-order valence-electron chi connectivity index (χ3n) is 5.15. The fraction of sp³-hybridized carbons (Fsp3) is 0.200. The number of fused-ring (bicyclic) bond motifs is 3. The number of ether oxygens (including phenoxy) is 3. The van der Waals surface area contributed by atoms with Crippen LogP contribution in [0.5, 0.6) is 17.2 Å². The molecule has 0 spiro atoms. The first kappa shape index (κ1) is 21.6. The molecular formula is C25H23NO5S. The molecule has 0 bridgehead atoms. The molecule has 0 saturated heterocycles. The molecule has 0 fully saturated rings. The van der Waals surface area contributed by atoms with Crippen LogP contribution in [0.1, 0.15) is 29.7 Å². The Morgan fingerprint density at radius 2 is 1.78 bits per heavy atom. The van der Waals surface area contributed by atoms with Crippen molar-refractivity contribution in [2.45, 2.75) is 13.0 Å². The Morgan fingerprint density at radius 1 is 1.00 bits per heavy atom. The van der Waals surface area contributed by atoms with E-state index in [9.17, 15) is 8.42 Å². The molecule has 1 heterocycles. The van der Waals surface area contributed by atoms with Gasteiger partial charge >= 0.3 is 0 Å². The van der Waals surface area contributed by atoms with Crippen LogP contribution < -0.4 is 18.9 Å². The number of sulfonamides is 1. The number of anilines is 1. The predicted molar refractivity (Wildman–Crippen MR) is 125 cm³/mol. The molecule has 32 heavy (non-hydrogen) atoms. The van der Waals surface area contributed by atoms with Gasteiger partial charge in [0, 0.05) is 27.9 Å². The van der Waals surface area contributed by atoms with E-state index in [1.807, 2.05) is 42.5 Å². The quantitative estimate of drug-likeness (QED) is 0.577. The lowest BCUT2D eigenvalue weighted by atomic mass is 9.87. The zero-order valence-corrected chi connectivity index (χ0v) is 19.0. The van der Waals surface area contributed by atoms with Crippen LogP contribution in [-0.4, -0.2) is 28.9 Å². The molecule has 3 aromatic carbocycles. The standard InChI is InChI=1S/C25H23NO5S/c1-5-7-16-8-6-9-22-24(16)19-12-11-18(26-32(4,27)28)15-20(19)25(31-22)17-10-13-21(29-2)23(14-17)30-3/h6,8-15,25-26H,1-4H3. The first-order valence-corrected chi connectivity index (χ1v) is 11.8. The minimum Gasteiger partial charge on any atom is -0.493 e. The summed E-state index contributed by atoms with van der Waals surface area (Å²) < 4.78 is 43.5. The maximum atomic E-state index is 11.8. The van der Waals surface area contributed by atoms with Crippen molar-refractivity contribution in [2.24, 2.45) is 0 Å². The van der Waals surface area contributed by atoms with E-state index in [2.05, 4.69) is 16.6 Å². The molecule has 3 aromatic rings. The molecule has 0 amide bonds. The normalized spacial score (nSPS) is 14.2. The second-order valence-electron chi connectivity index (χ2n) is 7.34. The molecule has 1 N–H and O–H groups in total. The molecule has 1 atom stereocenters. The van der Waals surface area contributed by atoms with Gasteiger partial charge in [0.15, 0.2) is 11.5 Å². The molecule has 7 heteroatoms. The Balaban J connectivity index is 1.94. The summed E-state index contributed by atoms with van der Waals surface area (Å²) in [5.41, 5.74) is 4.80. The van der Waals surface area contributed by atoms with Gasteiger partial charge in [0.05, 0.1) is 20.5 Å². The fourth-order valence-electron chi connectivity index (χ4n) is 3.88. The summed E-state index contributed by atoms with van der Waals surface area (Å²) in [5.74, 6) is 7.99. The van der Waals surface area contributed by atoms with E-state index in [4.69, 9.17) is 14.2 Å². The molecule has 0 aliphatic carbocycles. The number of nitrogens with one attached hydrogen (secondary N) is 1. The van der Waals surface area contributed by atoms with Crippen molar-refractivity contribution in [3.63, 3.8) is 0 Å². The summed E-state index contributed by atoms with van der Waals surface area (Å²) in [4.78, 5) is 0. The number of hydrogen-bond acceptors (Lipinski definition) is 5. The van der Waals surface area contributed by atoms with Crippen molar-refractivity contribution < 1.29 is 22.6 Å². The van der Waals surface area contributed by atoms with Crippen molar-refractivity contribution in [2.75, 3.05) is 25.2 Å². The largest absolute Gasteiger partial charge is 0.493 e. The van der Waals surface area contributed by atoms with Crippen LogP contribution in [0.4, 0.5) is 5.69 Å². The van der Waals surface area contributed by atoms with Crippen molar-refractivity contribution in [1.82, 2.24) is 0 Å². The van der Waals surface area contributed by atoms with Crippen LogP contribution in [0.25, 0.3) is 11.1 Å². The average Bonchev–Trinajstić information content (AvgIpc) is 2.77. The van der Waals surface area contributed by atoms with Crippen molar-refractivity contribution >= 4 is 15.7 Å². The Bertz CT molecular complexity index is 1350. The first-order valence-electron chi connectivity index (χ1n) is 9.91. The van der Waals surface area contributed by atoms with Crippen molar-refractivity contribution in [3.8, 4) is 40.2 Å². The minimum absolute atomic E-state index is 0.461. The maximum absolute atomic E-state index is 11.8.